The predicted octanol–water partition coefficient (Wildman–Crippen LogP) is 4.70. The molecule has 1 aromatic rings. The van der Waals surface area contributed by atoms with E-state index in [4.69, 9.17) is 5.26 Å². The zero-order valence-electron chi connectivity index (χ0n) is 10.7. The minimum absolute atomic E-state index is 0.478. The van der Waals surface area contributed by atoms with Gasteiger partial charge in [-0.25, -0.2) is 0 Å². The summed E-state index contributed by atoms with van der Waals surface area (Å²) in [5.74, 6) is 0.767. The summed E-state index contributed by atoms with van der Waals surface area (Å²) in [6.07, 6.45) is 6.76. The van der Waals surface area contributed by atoms with Gasteiger partial charge in [-0.1, -0.05) is 35.2 Å². The monoisotopic (exact) mass is 306 g/mol. The molecule has 1 N–H and O–H groups in total. The molecule has 1 aromatic carbocycles. The van der Waals surface area contributed by atoms with E-state index in [1.807, 2.05) is 18.2 Å². The molecule has 0 aliphatic heterocycles. The molecule has 1 saturated carbocycles. The van der Waals surface area contributed by atoms with Crippen molar-refractivity contribution in [2.75, 3.05) is 5.32 Å². The van der Waals surface area contributed by atoms with E-state index in [-0.39, 0.29) is 0 Å². The van der Waals surface area contributed by atoms with Crippen molar-refractivity contribution in [1.82, 2.24) is 0 Å². The van der Waals surface area contributed by atoms with Crippen LogP contribution in [0.1, 0.15) is 44.6 Å². The topological polar surface area (TPSA) is 35.8 Å². The molecular formula is C15H19BrN2. The van der Waals surface area contributed by atoms with Crippen LogP contribution in [0.2, 0.25) is 0 Å². The third kappa shape index (κ3) is 3.49. The number of anilines is 1. The summed E-state index contributed by atoms with van der Waals surface area (Å²) in [5, 5.41) is 12.5. The molecule has 2 rings (SSSR count). The summed E-state index contributed by atoms with van der Waals surface area (Å²) in [5.41, 5.74) is 1.74. The van der Waals surface area contributed by atoms with E-state index in [2.05, 4.69) is 34.2 Å². The minimum atomic E-state index is 0.478. The Hall–Kier alpha value is -1.01. The van der Waals surface area contributed by atoms with Gasteiger partial charge in [0.05, 0.1) is 11.6 Å². The normalized spacial score (nSPS) is 18.1. The first-order valence-electron chi connectivity index (χ1n) is 6.66. The molecule has 96 valence electrons. The Morgan fingerprint density at radius 3 is 2.67 bits per heavy atom. The highest BCUT2D eigenvalue weighted by molar-refractivity contribution is 9.10. The lowest BCUT2D eigenvalue weighted by Gasteiger charge is -2.29. The van der Waals surface area contributed by atoms with Gasteiger partial charge in [-0.05, 0) is 43.9 Å². The zero-order valence-corrected chi connectivity index (χ0v) is 12.3. The highest BCUT2D eigenvalue weighted by Gasteiger charge is 2.19. The summed E-state index contributed by atoms with van der Waals surface area (Å²) in [6.45, 7) is 2.25. The van der Waals surface area contributed by atoms with Crippen molar-refractivity contribution in [3.63, 3.8) is 0 Å². The summed E-state index contributed by atoms with van der Waals surface area (Å²) in [4.78, 5) is 0. The SMILES string of the molecule is CC(Nc1cc(Br)cc(C#N)c1)C1CCCCC1. The highest BCUT2D eigenvalue weighted by atomic mass is 79.9. The van der Waals surface area contributed by atoms with E-state index in [0.717, 1.165) is 16.1 Å². The summed E-state index contributed by atoms with van der Waals surface area (Å²) < 4.78 is 0.958. The molecule has 0 radical (unpaired) electrons. The average Bonchev–Trinajstić information content (AvgIpc) is 2.39. The summed E-state index contributed by atoms with van der Waals surface area (Å²) >= 11 is 3.45. The molecule has 0 saturated heterocycles. The van der Waals surface area contributed by atoms with Crippen LogP contribution in [0.5, 0.6) is 0 Å². The van der Waals surface area contributed by atoms with Gasteiger partial charge >= 0.3 is 0 Å². The molecule has 1 unspecified atom stereocenters. The molecule has 0 spiro atoms. The van der Waals surface area contributed by atoms with E-state index in [0.29, 0.717) is 11.6 Å². The first kappa shape index (κ1) is 13.4. The molecule has 1 aliphatic rings. The van der Waals surface area contributed by atoms with Crippen LogP contribution >= 0.6 is 15.9 Å². The van der Waals surface area contributed by atoms with E-state index in [1.165, 1.54) is 32.1 Å². The molecule has 18 heavy (non-hydrogen) atoms. The van der Waals surface area contributed by atoms with Gasteiger partial charge in [-0.15, -0.1) is 0 Å². The third-order valence-electron chi connectivity index (χ3n) is 3.78. The maximum atomic E-state index is 8.97. The fourth-order valence-corrected chi connectivity index (χ4v) is 3.25. The molecule has 2 nitrogen and oxygen atoms in total. The Morgan fingerprint density at radius 1 is 1.28 bits per heavy atom. The van der Waals surface area contributed by atoms with Crippen LogP contribution in [-0.4, -0.2) is 6.04 Å². The Bertz CT molecular complexity index is 444. The second-order valence-corrected chi connectivity index (χ2v) is 6.09. The van der Waals surface area contributed by atoms with Crippen LogP contribution in [0.3, 0.4) is 0 Å². The summed E-state index contributed by atoms with van der Waals surface area (Å²) in [6, 6.07) is 8.48. The lowest BCUT2D eigenvalue weighted by atomic mass is 9.84. The molecular weight excluding hydrogens is 288 g/mol. The smallest absolute Gasteiger partial charge is 0.0992 e. The second-order valence-electron chi connectivity index (χ2n) is 5.17. The molecule has 1 atom stereocenters. The average molecular weight is 307 g/mol. The number of benzene rings is 1. The minimum Gasteiger partial charge on any atom is -0.382 e. The van der Waals surface area contributed by atoms with Crippen LogP contribution < -0.4 is 5.32 Å². The lowest BCUT2D eigenvalue weighted by molar-refractivity contribution is 0.328. The summed E-state index contributed by atoms with van der Waals surface area (Å²) in [7, 11) is 0. The van der Waals surface area contributed by atoms with Crippen LogP contribution in [0.25, 0.3) is 0 Å². The van der Waals surface area contributed by atoms with Crippen molar-refractivity contribution in [1.29, 1.82) is 5.26 Å². The second kappa shape index (κ2) is 6.24. The fourth-order valence-electron chi connectivity index (χ4n) is 2.75. The molecule has 0 amide bonds. The molecule has 3 heteroatoms. The van der Waals surface area contributed by atoms with Crippen molar-refractivity contribution in [2.45, 2.75) is 45.1 Å². The Kier molecular flexibility index (Phi) is 4.66. The number of halogens is 1. The van der Waals surface area contributed by atoms with E-state index < -0.39 is 0 Å². The van der Waals surface area contributed by atoms with Crippen LogP contribution in [0.4, 0.5) is 5.69 Å². The Morgan fingerprint density at radius 2 is 2.00 bits per heavy atom. The number of hydrogen-bond acceptors (Lipinski definition) is 2. The first-order valence-corrected chi connectivity index (χ1v) is 7.45. The van der Waals surface area contributed by atoms with Crippen LogP contribution in [0.15, 0.2) is 22.7 Å². The van der Waals surface area contributed by atoms with E-state index in [1.54, 1.807) is 0 Å². The molecule has 0 heterocycles. The Balaban J connectivity index is 2.04. The molecule has 1 fully saturated rings. The van der Waals surface area contributed by atoms with E-state index in [9.17, 15) is 0 Å². The van der Waals surface area contributed by atoms with Gasteiger partial charge in [-0.2, -0.15) is 5.26 Å². The predicted molar refractivity (Wildman–Crippen MR) is 78.5 cm³/mol. The van der Waals surface area contributed by atoms with Crippen molar-refractivity contribution in [3.05, 3.63) is 28.2 Å². The van der Waals surface area contributed by atoms with Gasteiger partial charge in [0, 0.05) is 16.2 Å². The van der Waals surface area contributed by atoms with E-state index >= 15 is 0 Å². The fraction of sp³-hybridized carbons (Fsp3) is 0.533. The molecule has 0 bridgehead atoms. The number of nitrogens with zero attached hydrogens (tertiary/aromatic N) is 1. The van der Waals surface area contributed by atoms with Gasteiger partial charge in [-0.3, -0.25) is 0 Å². The van der Waals surface area contributed by atoms with Crippen LogP contribution in [0, 0.1) is 17.2 Å². The van der Waals surface area contributed by atoms with Gasteiger partial charge < -0.3 is 5.32 Å². The Labute approximate surface area is 118 Å². The molecule has 1 aliphatic carbocycles. The van der Waals surface area contributed by atoms with Crippen molar-refractivity contribution >= 4 is 21.6 Å². The number of rotatable bonds is 3. The number of nitriles is 1. The lowest BCUT2D eigenvalue weighted by Crippen LogP contribution is -2.27. The van der Waals surface area contributed by atoms with Gasteiger partial charge in [0.25, 0.3) is 0 Å². The number of hydrogen-bond donors (Lipinski definition) is 1. The maximum absolute atomic E-state index is 8.97. The largest absolute Gasteiger partial charge is 0.382 e. The van der Waals surface area contributed by atoms with Crippen molar-refractivity contribution < 1.29 is 0 Å². The zero-order chi connectivity index (χ0) is 13.0. The van der Waals surface area contributed by atoms with Gasteiger partial charge in [0.2, 0.25) is 0 Å². The first-order chi connectivity index (χ1) is 8.69. The number of nitrogens with one attached hydrogen (secondary N) is 1. The van der Waals surface area contributed by atoms with Crippen molar-refractivity contribution in [2.24, 2.45) is 5.92 Å². The third-order valence-corrected chi connectivity index (χ3v) is 4.24. The maximum Gasteiger partial charge on any atom is 0.0992 e. The molecule has 0 aromatic heterocycles. The van der Waals surface area contributed by atoms with Crippen molar-refractivity contribution in [3.8, 4) is 6.07 Å². The quantitative estimate of drug-likeness (QED) is 0.878. The standard InChI is InChI=1S/C15H19BrN2/c1-11(13-5-3-2-4-6-13)18-15-8-12(10-17)7-14(16)9-15/h7-9,11,13,18H,2-6H2,1H3. The van der Waals surface area contributed by atoms with Gasteiger partial charge in [0.15, 0.2) is 0 Å². The van der Waals surface area contributed by atoms with Crippen LogP contribution in [-0.2, 0) is 0 Å². The highest BCUT2D eigenvalue weighted by Crippen LogP contribution is 2.29. The van der Waals surface area contributed by atoms with Gasteiger partial charge in [0.1, 0.15) is 0 Å².